The molecular formula is C41H69O9P. The average Bonchev–Trinajstić information content (AvgIpc) is 3.09. The monoisotopic (exact) mass is 736 g/mol. The molecule has 2 atom stereocenters. The lowest BCUT2D eigenvalue weighted by atomic mass is 10.1. The first-order valence-corrected chi connectivity index (χ1v) is 20.9. The van der Waals surface area contributed by atoms with E-state index in [-0.39, 0.29) is 19.4 Å². The minimum absolute atomic E-state index is 0.0237. The third-order valence-electron chi connectivity index (χ3n) is 7.81. The van der Waals surface area contributed by atoms with Crippen LogP contribution in [0.4, 0.5) is 0 Å². The number of phosphoric ester groups is 1. The Morgan fingerprint density at radius 1 is 0.627 bits per heavy atom. The van der Waals surface area contributed by atoms with Crippen LogP contribution in [0.3, 0.4) is 0 Å². The second-order valence-electron chi connectivity index (χ2n) is 12.7. The molecule has 0 aliphatic heterocycles. The number of allylic oxidation sites excluding steroid dienone is 11. The van der Waals surface area contributed by atoms with Gasteiger partial charge in [0.2, 0.25) is 0 Å². The zero-order valence-electron chi connectivity index (χ0n) is 31.6. The Kier molecular flexibility index (Phi) is 34.0. The molecule has 10 heteroatoms. The Hall–Kier alpha value is -2.55. The van der Waals surface area contributed by atoms with Crippen LogP contribution in [0.2, 0.25) is 0 Å². The van der Waals surface area contributed by atoms with Gasteiger partial charge >= 0.3 is 19.8 Å². The second kappa shape index (κ2) is 35.8. The van der Waals surface area contributed by atoms with E-state index in [0.717, 1.165) is 64.2 Å². The van der Waals surface area contributed by atoms with Gasteiger partial charge in [0.05, 0.1) is 12.7 Å². The fraction of sp³-hybridized carbons (Fsp3) is 0.659. The molecule has 292 valence electrons. The fourth-order valence-electron chi connectivity index (χ4n) is 4.92. The highest BCUT2D eigenvalue weighted by Gasteiger charge is 2.23. The minimum Gasteiger partial charge on any atom is -0.462 e. The summed E-state index contributed by atoms with van der Waals surface area (Å²) in [6.45, 7) is 3.37. The first-order valence-electron chi connectivity index (χ1n) is 19.3. The second-order valence-corrected chi connectivity index (χ2v) is 14.0. The van der Waals surface area contributed by atoms with Crippen LogP contribution in [-0.4, -0.2) is 52.3 Å². The summed E-state index contributed by atoms with van der Waals surface area (Å²) in [6, 6.07) is 0. The van der Waals surface area contributed by atoms with Crippen LogP contribution in [0, 0.1) is 0 Å². The Balaban J connectivity index is 4.20. The van der Waals surface area contributed by atoms with E-state index < -0.39 is 38.6 Å². The largest absolute Gasteiger partial charge is 0.469 e. The zero-order valence-corrected chi connectivity index (χ0v) is 32.5. The standard InChI is InChI=1S/C41H69O9P/c1-3-5-7-9-11-13-15-17-18-20-22-24-26-28-30-34-40(43)48-36-39(37-49-51(45,46)47)50-41(44)35-31-33-38(42)32-29-27-25-23-21-19-16-14-12-10-8-6-4-2/h6,8,12,14,17-19,21,25,27,29,32,38-39,42H,3-5,7,9-11,13,15-16,20,22-24,26,28,30-31,33-37H2,1-2H3,(H2,45,46,47)/b8-6-,14-12-,18-17-,21-19-,27-25-,32-29+/t38?,39-/m1/s1. The lowest BCUT2D eigenvalue weighted by Crippen LogP contribution is -2.29. The summed E-state index contributed by atoms with van der Waals surface area (Å²) < 4.78 is 26.2. The summed E-state index contributed by atoms with van der Waals surface area (Å²) in [5.41, 5.74) is 0. The molecule has 0 aliphatic rings. The van der Waals surface area contributed by atoms with Crippen LogP contribution in [0.15, 0.2) is 72.9 Å². The topological polar surface area (TPSA) is 140 Å². The van der Waals surface area contributed by atoms with Gasteiger partial charge in [0.25, 0.3) is 0 Å². The molecule has 0 heterocycles. The summed E-state index contributed by atoms with van der Waals surface area (Å²) in [5, 5.41) is 10.2. The maximum Gasteiger partial charge on any atom is 0.469 e. The lowest BCUT2D eigenvalue weighted by Gasteiger charge is -2.18. The van der Waals surface area contributed by atoms with E-state index in [1.165, 1.54) is 38.5 Å². The van der Waals surface area contributed by atoms with Gasteiger partial charge in [0.1, 0.15) is 6.61 Å². The maximum absolute atomic E-state index is 12.4. The fourth-order valence-corrected chi connectivity index (χ4v) is 5.28. The first-order chi connectivity index (χ1) is 24.7. The number of rotatable bonds is 34. The number of aliphatic hydroxyl groups is 1. The third kappa shape index (κ3) is 38.5. The highest BCUT2D eigenvalue weighted by atomic mass is 31.2. The predicted molar refractivity (Wildman–Crippen MR) is 208 cm³/mol. The van der Waals surface area contributed by atoms with Crippen molar-refractivity contribution in [1.29, 1.82) is 0 Å². The van der Waals surface area contributed by atoms with E-state index in [9.17, 15) is 19.3 Å². The van der Waals surface area contributed by atoms with Crippen molar-refractivity contribution in [3.8, 4) is 0 Å². The van der Waals surface area contributed by atoms with Crippen molar-refractivity contribution < 1.29 is 43.0 Å². The molecular weight excluding hydrogens is 667 g/mol. The van der Waals surface area contributed by atoms with Crippen LogP contribution in [0.5, 0.6) is 0 Å². The van der Waals surface area contributed by atoms with Crippen LogP contribution in [0.1, 0.15) is 149 Å². The molecule has 0 rings (SSSR count). The van der Waals surface area contributed by atoms with Crippen molar-refractivity contribution >= 4 is 19.8 Å². The van der Waals surface area contributed by atoms with E-state index in [2.05, 4.69) is 67.0 Å². The van der Waals surface area contributed by atoms with Gasteiger partial charge < -0.3 is 24.4 Å². The number of ether oxygens (including phenoxy) is 2. The molecule has 0 saturated heterocycles. The van der Waals surface area contributed by atoms with Gasteiger partial charge in [-0.25, -0.2) is 4.57 Å². The normalized spacial score (nSPS) is 13.9. The van der Waals surface area contributed by atoms with Gasteiger partial charge in [-0.15, -0.1) is 0 Å². The van der Waals surface area contributed by atoms with E-state index in [4.69, 9.17) is 19.3 Å². The van der Waals surface area contributed by atoms with Gasteiger partial charge in [0.15, 0.2) is 6.10 Å². The van der Waals surface area contributed by atoms with Gasteiger partial charge in [-0.05, 0) is 70.6 Å². The number of esters is 2. The number of unbranched alkanes of at least 4 members (excludes halogenated alkanes) is 11. The maximum atomic E-state index is 12.4. The molecule has 0 aromatic carbocycles. The third-order valence-corrected chi connectivity index (χ3v) is 8.30. The average molecular weight is 737 g/mol. The smallest absolute Gasteiger partial charge is 0.462 e. The van der Waals surface area contributed by atoms with Crippen molar-refractivity contribution in [3.63, 3.8) is 0 Å². The molecule has 51 heavy (non-hydrogen) atoms. The summed E-state index contributed by atoms with van der Waals surface area (Å²) in [6.07, 6.45) is 42.2. The number of hydrogen-bond donors (Lipinski definition) is 3. The predicted octanol–water partition coefficient (Wildman–Crippen LogP) is 10.5. The quantitative estimate of drug-likeness (QED) is 0.0194. The number of carbonyl (C=O) groups excluding carboxylic acids is 2. The summed E-state index contributed by atoms with van der Waals surface area (Å²) in [4.78, 5) is 42.7. The molecule has 0 spiro atoms. The van der Waals surface area contributed by atoms with Crippen LogP contribution >= 0.6 is 7.82 Å². The van der Waals surface area contributed by atoms with Crippen molar-refractivity contribution in [2.75, 3.05) is 13.2 Å². The number of aliphatic hydroxyl groups excluding tert-OH is 1. The highest BCUT2D eigenvalue weighted by molar-refractivity contribution is 7.46. The Morgan fingerprint density at radius 3 is 1.78 bits per heavy atom. The van der Waals surface area contributed by atoms with Gasteiger partial charge in [-0.2, -0.15) is 0 Å². The van der Waals surface area contributed by atoms with Crippen molar-refractivity contribution in [1.82, 2.24) is 0 Å². The summed E-state index contributed by atoms with van der Waals surface area (Å²) in [5.74, 6) is -1.11. The summed E-state index contributed by atoms with van der Waals surface area (Å²) in [7, 11) is -4.81. The zero-order chi connectivity index (χ0) is 37.7. The Labute approximate surface area is 309 Å². The van der Waals surface area contributed by atoms with Gasteiger partial charge in [-0.1, -0.05) is 138 Å². The number of phosphoric acid groups is 1. The van der Waals surface area contributed by atoms with Crippen molar-refractivity contribution in [2.45, 2.75) is 161 Å². The van der Waals surface area contributed by atoms with Crippen LogP contribution in [-0.2, 0) is 28.2 Å². The first kappa shape index (κ1) is 48.5. The molecule has 3 N–H and O–H groups in total. The van der Waals surface area contributed by atoms with Crippen LogP contribution < -0.4 is 0 Å². The van der Waals surface area contributed by atoms with Gasteiger partial charge in [-0.3, -0.25) is 14.1 Å². The molecule has 0 aromatic heterocycles. The molecule has 0 amide bonds. The van der Waals surface area contributed by atoms with Crippen molar-refractivity contribution in [2.24, 2.45) is 0 Å². The number of hydrogen-bond acceptors (Lipinski definition) is 7. The minimum atomic E-state index is -4.81. The Bertz CT molecular complexity index is 1070. The van der Waals surface area contributed by atoms with E-state index in [1.807, 2.05) is 12.2 Å². The molecule has 0 aromatic rings. The van der Waals surface area contributed by atoms with E-state index >= 15 is 0 Å². The molecule has 1 unspecified atom stereocenters. The molecule has 0 fully saturated rings. The molecule has 0 saturated carbocycles. The molecule has 0 aliphatic carbocycles. The molecule has 0 radical (unpaired) electrons. The molecule has 9 nitrogen and oxygen atoms in total. The Morgan fingerprint density at radius 2 is 1.18 bits per heavy atom. The van der Waals surface area contributed by atoms with E-state index in [1.54, 1.807) is 12.2 Å². The number of carbonyl (C=O) groups is 2. The lowest BCUT2D eigenvalue weighted by molar-refractivity contribution is -0.161. The van der Waals surface area contributed by atoms with Crippen LogP contribution in [0.25, 0.3) is 0 Å². The SMILES string of the molecule is CC/C=C\C/C=C\C/C=C\C/C=C\C=C\C(O)CCCC(=O)O[C@H](COC(=O)CCCCCCC/C=C\CCCCCCCC)COP(=O)(O)O. The highest BCUT2D eigenvalue weighted by Crippen LogP contribution is 2.36. The van der Waals surface area contributed by atoms with Crippen molar-refractivity contribution in [3.05, 3.63) is 72.9 Å². The molecule has 0 bridgehead atoms. The van der Waals surface area contributed by atoms with E-state index in [0.29, 0.717) is 19.3 Å². The van der Waals surface area contributed by atoms with Gasteiger partial charge in [0, 0.05) is 12.8 Å². The summed E-state index contributed by atoms with van der Waals surface area (Å²) >= 11 is 0.